The molecule has 0 aliphatic heterocycles. The first-order chi connectivity index (χ1) is 4.42. The largest absolute Gasteiger partial charge is 0.267 e. The molecule has 0 aromatic carbocycles. The molecule has 0 aliphatic carbocycles. The van der Waals surface area contributed by atoms with Gasteiger partial charge in [0.15, 0.2) is 0 Å². The summed E-state index contributed by atoms with van der Waals surface area (Å²) in [5.74, 6) is 0. The minimum Gasteiger partial charge on any atom is -0.267 e. The average molecular weight is 139 g/mol. The van der Waals surface area contributed by atoms with Gasteiger partial charge in [-0.25, -0.2) is 0 Å². The quantitative estimate of drug-likeness (QED) is 0.495. The van der Waals surface area contributed by atoms with E-state index in [0.717, 1.165) is 5.71 Å². The number of hydrogen-bond acceptors (Lipinski definition) is 1. The molecular formula is C9H17N. The third-order valence-corrected chi connectivity index (χ3v) is 0.907. The maximum atomic E-state index is 4.15. The lowest BCUT2D eigenvalue weighted by atomic mass is 9.97. The molecule has 0 saturated heterocycles. The molecule has 0 radical (unpaired) electrons. The second-order valence-electron chi connectivity index (χ2n) is 3.76. The van der Waals surface area contributed by atoms with Crippen LogP contribution in [-0.2, 0) is 0 Å². The van der Waals surface area contributed by atoms with Crippen molar-refractivity contribution in [2.45, 2.75) is 34.6 Å². The Morgan fingerprint density at radius 1 is 1.20 bits per heavy atom. The van der Waals surface area contributed by atoms with E-state index in [1.54, 1.807) is 0 Å². The summed E-state index contributed by atoms with van der Waals surface area (Å²) in [5, 5.41) is 0. The Morgan fingerprint density at radius 3 is 2.00 bits per heavy atom. The van der Waals surface area contributed by atoms with E-state index in [-0.39, 0.29) is 5.41 Å². The van der Waals surface area contributed by atoms with Crippen molar-refractivity contribution in [1.29, 1.82) is 0 Å². The molecule has 0 aromatic rings. The first kappa shape index (κ1) is 9.41. The highest BCUT2D eigenvalue weighted by atomic mass is 14.7. The van der Waals surface area contributed by atoms with Crippen molar-refractivity contribution in [3.05, 3.63) is 12.3 Å². The smallest absolute Gasteiger partial charge is 0.0232 e. The van der Waals surface area contributed by atoms with Crippen molar-refractivity contribution >= 4 is 5.71 Å². The Balaban J connectivity index is 3.90. The van der Waals surface area contributed by atoms with E-state index in [0.29, 0.717) is 0 Å². The molecule has 0 spiro atoms. The lowest BCUT2D eigenvalue weighted by Crippen LogP contribution is -1.97. The van der Waals surface area contributed by atoms with Gasteiger partial charge in [-0.3, -0.25) is 4.99 Å². The summed E-state index contributed by atoms with van der Waals surface area (Å²) in [6.45, 7) is 10.5. The third-order valence-electron chi connectivity index (χ3n) is 0.907. The molecule has 58 valence electrons. The average Bonchev–Trinajstić information content (AvgIpc) is 1.59. The van der Waals surface area contributed by atoms with Gasteiger partial charge in [-0.2, -0.15) is 0 Å². The van der Waals surface area contributed by atoms with Gasteiger partial charge in [0.2, 0.25) is 0 Å². The van der Waals surface area contributed by atoms with Gasteiger partial charge in [0.25, 0.3) is 0 Å². The third kappa shape index (κ3) is 7.41. The molecule has 0 bridgehead atoms. The topological polar surface area (TPSA) is 12.4 Å². The minimum absolute atomic E-state index is 0.249. The summed E-state index contributed by atoms with van der Waals surface area (Å²) in [7, 11) is 0. The summed E-state index contributed by atoms with van der Waals surface area (Å²) >= 11 is 0. The van der Waals surface area contributed by atoms with Crippen molar-refractivity contribution in [2.75, 3.05) is 0 Å². The SMILES string of the molecule is CC(C)=N/C=C\C(C)(C)C. The number of hydrogen-bond donors (Lipinski definition) is 0. The summed E-state index contributed by atoms with van der Waals surface area (Å²) in [5.41, 5.74) is 1.35. The summed E-state index contributed by atoms with van der Waals surface area (Å²) in [4.78, 5) is 4.15. The molecule has 0 atom stereocenters. The Hall–Kier alpha value is -0.590. The maximum Gasteiger partial charge on any atom is 0.0232 e. The predicted molar refractivity (Wildman–Crippen MR) is 47.4 cm³/mol. The fourth-order valence-electron chi connectivity index (χ4n) is 0.410. The molecule has 0 unspecified atom stereocenters. The standard InChI is InChI=1S/C9H17N/c1-8(2)10-7-6-9(3,4)5/h6-7H,1-5H3/b7-6-. The molecule has 0 rings (SSSR count). The monoisotopic (exact) mass is 139 g/mol. The van der Waals surface area contributed by atoms with E-state index in [1.165, 1.54) is 0 Å². The first-order valence-corrected chi connectivity index (χ1v) is 3.60. The Labute approximate surface area is 63.9 Å². The summed E-state index contributed by atoms with van der Waals surface area (Å²) in [6, 6.07) is 0. The molecule has 0 N–H and O–H groups in total. The highest BCUT2D eigenvalue weighted by Crippen LogP contribution is 2.14. The number of rotatable bonds is 1. The summed E-state index contributed by atoms with van der Waals surface area (Å²) < 4.78 is 0. The van der Waals surface area contributed by atoms with Crippen LogP contribution in [0.2, 0.25) is 0 Å². The van der Waals surface area contributed by atoms with Gasteiger partial charge in [0.05, 0.1) is 0 Å². The zero-order valence-electron chi connectivity index (χ0n) is 7.60. The van der Waals surface area contributed by atoms with Gasteiger partial charge in [-0.1, -0.05) is 26.8 Å². The second-order valence-corrected chi connectivity index (χ2v) is 3.76. The van der Waals surface area contributed by atoms with Crippen molar-refractivity contribution in [3.63, 3.8) is 0 Å². The Morgan fingerprint density at radius 2 is 1.70 bits per heavy atom. The molecule has 1 nitrogen and oxygen atoms in total. The highest BCUT2D eigenvalue weighted by molar-refractivity contribution is 5.79. The van der Waals surface area contributed by atoms with Crippen LogP contribution in [0, 0.1) is 5.41 Å². The van der Waals surface area contributed by atoms with Gasteiger partial charge in [0, 0.05) is 11.9 Å². The molecule has 0 saturated carbocycles. The van der Waals surface area contributed by atoms with Crippen LogP contribution in [0.15, 0.2) is 17.3 Å². The fraction of sp³-hybridized carbons (Fsp3) is 0.667. The van der Waals surface area contributed by atoms with Crippen LogP contribution in [0.5, 0.6) is 0 Å². The fourth-order valence-corrected chi connectivity index (χ4v) is 0.410. The number of nitrogens with zero attached hydrogens (tertiary/aromatic N) is 1. The number of allylic oxidation sites excluding steroid dienone is 1. The lowest BCUT2D eigenvalue weighted by Gasteiger charge is -2.09. The molecule has 1 heteroatoms. The normalized spacial score (nSPS) is 12.1. The van der Waals surface area contributed by atoms with Gasteiger partial charge < -0.3 is 0 Å². The molecule has 0 aromatic heterocycles. The first-order valence-electron chi connectivity index (χ1n) is 3.60. The Kier molecular flexibility index (Phi) is 3.34. The molecule has 0 amide bonds. The van der Waals surface area contributed by atoms with Crippen LogP contribution in [0.4, 0.5) is 0 Å². The second kappa shape index (κ2) is 3.55. The van der Waals surface area contributed by atoms with Gasteiger partial charge in [-0.15, -0.1) is 0 Å². The van der Waals surface area contributed by atoms with Crippen LogP contribution < -0.4 is 0 Å². The van der Waals surface area contributed by atoms with Crippen molar-refractivity contribution in [2.24, 2.45) is 10.4 Å². The van der Waals surface area contributed by atoms with E-state index in [1.807, 2.05) is 20.0 Å². The Bertz CT molecular complexity index is 143. The highest BCUT2D eigenvalue weighted by Gasteiger charge is 2.02. The van der Waals surface area contributed by atoms with E-state index < -0.39 is 0 Å². The van der Waals surface area contributed by atoms with E-state index in [9.17, 15) is 0 Å². The molecule has 10 heavy (non-hydrogen) atoms. The molecule has 0 heterocycles. The van der Waals surface area contributed by atoms with Crippen molar-refractivity contribution in [1.82, 2.24) is 0 Å². The predicted octanol–water partition coefficient (Wildman–Crippen LogP) is 3.03. The maximum absolute atomic E-state index is 4.15. The van der Waals surface area contributed by atoms with Crippen LogP contribution in [0.1, 0.15) is 34.6 Å². The minimum atomic E-state index is 0.249. The van der Waals surface area contributed by atoms with Gasteiger partial charge in [0.1, 0.15) is 0 Å². The lowest BCUT2D eigenvalue weighted by molar-refractivity contribution is 0.543. The summed E-state index contributed by atoms with van der Waals surface area (Å²) in [6.07, 6.45) is 3.97. The van der Waals surface area contributed by atoms with Crippen LogP contribution in [0.3, 0.4) is 0 Å². The van der Waals surface area contributed by atoms with Crippen molar-refractivity contribution in [3.8, 4) is 0 Å². The molecular weight excluding hydrogens is 122 g/mol. The van der Waals surface area contributed by atoms with Gasteiger partial charge in [-0.05, 0) is 19.3 Å². The van der Waals surface area contributed by atoms with E-state index in [2.05, 4.69) is 31.8 Å². The van der Waals surface area contributed by atoms with Crippen LogP contribution in [0.25, 0.3) is 0 Å². The van der Waals surface area contributed by atoms with E-state index >= 15 is 0 Å². The van der Waals surface area contributed by atoms with E-state index in [4.69, 9.17) is 0 Å². The zero-order valence-corrected chi connectivity index (χ0v) is 7.60. The zero-order chi connectivity index (χ0) is 8.20. The number of aliphatic imine (C=N–C) groups is 1. The van der Waals surface area contributed by atoms with Gasteiger partial charge >= 0.3 is 0 Å². The molecule has 0 fully saturated rings. The van der Waals surface area contributed by atoms with Crippen LogP contribution in [-0.4, -0.2) is 5.71 Å². The molecule has 0 aliphatic rings. The van der Waals surface area contributed by atoms with Crippen molar-refractivity contribution < 1.29 is 0 Å². The van der Waals surface area contributed by atoms with Crippen LogP contribution >= 0.6 is 0 Å².